The Morgan fingerprint density at radius 3 is 2.74 bits per heavy atom. The van der Waals surface area contributed by atoms with E-state index in [0.29, 0.717) is 5.57 Å². The monoisotopic (exact) mass is 257 g/mol. The average molecular weight is 257 g/mol. The molecule has 0 spiro atoms. The zero-order valence-electron chi connectivity index (χ0n) is 10.7. The highest BCUT2D eigenvalue weighted by Gasteiger charge is 2.20. The number of methoxy groups -OCH3 is 1. The van der Waals surface area contributed by atoms with E-state index in [-0.39, 0.29) is 5.92 Å². The first-order valence-corrected chi connectivity index (χ1v) is 6.00. The molecule has 1 amide bonds. The minimum Gasteiger partial charge on any atom is -0.452 e. The molecule has 0 saturated heterocycles. The van der Waals surface area contributed by atoms with Crippen LogP contribution in [-0.4, -0.2) is 24.4 Å². The normalized spacial score (nSPS) is 17.8. The Labute approximate surface area is 112 Å². The second-order valence-corrected chi connectivity index (χ2v) is 4.26. The summed E-state index contributed by atoms with van der Waals surface area (Å²) in [5, 5.41) is 0. The van der Waals surface area contributed by atoms with Gasteiger partial charge in [-0.3, -0.25) is 9.69 Å². The molecule has 4 nitrogen and oxygen atoms in total. The summed E-state index contributed by atoms with van der Waals surface area (Å²) in [6, 6.07) is 9.92. The minimum absolute atomic E-state index is 0.0131. The molecule has 1 atom stereocenters. The number of rotatable bonds is 3. The number of ether oxygens (including phenoxy) is 1. The van der Waals surface area contributed by atoms with Crippen LogP contribution in [0.2, 0.25) is 0 Å². The van der Waals surface area contributed by atoms with Crippen LogP contribution in [0.4, 0.5) is 4.79 Å². The zero-order valence-corrected chi connectivity index (χ0v) is 10.7. The van der Waals surface area contributed by atoms with Crippen LogP contribution in [0.25, 0.3) is 0 Å². The van der Waals surface area contributed by atoms with Crippen LogP contribution in [0.3, 0.4) is 0 Å². The SMILES string of the molecule is COC(=O)N1C=CC(Cc2ccccc2)C(C=O)=C1. The van der Waals surface area contributed by atoms with E-state index in [1.54, 1.807) is 6.20 Å². The Bertz CT molecular complexity index is 519. The molecule has 0 saturated carbocycles. The molecule has 0 aromatic heterocycles. The first kappa shape index (κ1) is 13.1. The van der Waals surface area contributed by atoms with Gasteiger partial charge in [-0.15, -0.1) is 0 Å². The maximum atomic E-state index is 11.4. The molecular formula is C15H15NO3. The quantitative estimate of drug-likeness (QED) is 0.782. The van der Waals surface area contributed by atoms with Gasteiger partial charge in [0.2, 0.25) is 0 Å². The third-order valence-electron chi connectivity index (χ3n) is 3.02. The largest absolute Gasteiger partial charge is 0.452 e. The molecule has 2 rings (SSSR count). The number of carbonyl (C=O) groups is 2. The van der Waals surface area contributed by atoms with Crippen LogP contribution >= 0.6 is 0 Å². The van der Waals surface area contributed by atoms with Gasteiger partial charge in [0.05, 0.1) is 7.11 Å². The summed E-state index contributed by atoms with van der Waals surface area (Å²) in [6.45, 7) is 0. The molecule has 4 heteroatoms. The van der Waals surface area contributed by atoms with Crippen LogP contribution in [0.1, 0.15) is 5.56 Å². The smallest absolute Gasteiger partial charge is 0.417 e. The number of hydrogen-bond donors (Lipinski definition) is 0. The van der Waals surface area contributed by atoms with E-state index in [9.17, 15) is 9.59 Å². The molecule has 1 unspecified atom stereocenters. The fourth-order valence-electron chi connectivity index (χ4n) is 2.00. The highest BCUT2D eigenvalue weighted by molar-refractivity contribution is 5.78. The summed E-state index contributed by atoms with van der Waals surface area (Å²) in [7, 11) is 1.31. The zero-order chi connectivity index (χ0) is 13.7. The third kappa shape index (κ3) is 3.10. The van der Waals surface area contributed by atoms with Crippen LogP contribution < -0.4 is 0 Å². The molecule has 19 heavy (non-hydrogen) atoms. The van der Waals surface area contributed by atoms with Crippen LogP contribution in [-0.2, 0) is 16.0 Å². The summed E-state index contributed by atoms with van der Waals surface area (Å²) < 4.78 is 4.61. The molecule has 1 aromatic rings. The second kappa shape index (κ2) is 6.00. The van der Waals surface area contributed by atoms with Crippen LogP contribution in [0, 0.1) is 5.92 Å². The van der Waals surface area contributed by atoms with Gasteiger partial charge in [-0.2, -0.15) is 0 Å². The molecule has 1 aromatic carbocycles. The van der Waals surface area contributed by atoms with E-state index in [4.69, 9.17) is 0 Å². The molecule has 0 radical (unpaired) electrons. The summed E-state index contributed by atoms with van der Waals surface area (Å²) in [6.07, 6.45) is 6.00. The number of amides is 1. The molecule has 1 heterocycles. The first-order valence-electron chi connectivity index (χ1n) is 6.00. The van der Waals surface area contributed by atoms with Crippen molar-refractivity contribution in [1.29, 1.82) is 0 Å². The Balaban J connectivity index is 2.14. The van der Waals surface area contributed by atoms with Gasteiger partial charge in [0, 0.05) is 23.9 Å². The lowest BCUT2D eigenvalue weighted by atomic mass is 9.91. The molecule has 98 valence electrons. The Kier molecular flexibility index (Phi) is 4.13. The van der Waals surface area contributed by atoms with E-state index < -0.39 is 6.09 Å². The number of nitrogens with zero attached hydrogens (tertiary/aromatic N) is 1. The third-order valence-corrected chi connectivity index (χ3v) is 3.02. The number of carbonyl (C=O) groups excluding carboxylic acids is 2. The fourth-order valence-corrected chi connectivity index (χ4v) is 2.00. The van der Waals surface area contributed by atoms with Gasteiger partial charge in [0.25, 0.3) is 0 Å². The maximum Gasteiger partial charge on any atom is 0.417 e. The van der Waals surface area contributed by atoms with Crippen molar-refractivity contribution in [3.63, 3.8) is 0 Å². The number of benzene rings is 1. The number of hydrogen-bond acceptors (Lipinski definition) is 3. The Morgan fingerprint density at radius 1 is 1.37 bits per heavy atom. The fraction of sp³-hybridized carbons (Fsp3) is 0.200. The van der Waals surface area contributed by atoms with Gasteiger partial charge < -0.3 is 4.74 Å². The minimum atomic E-state index is -0.506. The van der Waals surface area contributed by atoms with E-state index in [0.717, 1.165) is 18.3 Å². The molecule has 0 bridgehead atoms. The van der Waals surface area contributed by atoms with E-state index >= 15 is 0 Å². The molecule has 0 fully saturated rings. The van der Waals surface area contributed by atoms with Gasteiger partial charge >= 0.3 is 6.09 Å². The van der Waals surface area contributed by atoms with Gasteiger partial charge in [0.15, 0.2) is 0 Å². The van der Waals surface area contributed by atoms with Crippen LogP contribution in [0.5, 0.6) is 0 Å². The predicted molar refractivity (Wildman–Crippen MR) is 71.2 cm³/mol. The van der Waals surface area contributed by atoms with E-state index in [2.05, 4.69) is 4.74 Å². The van der Waals surface area contributed by atoms with Crippen molar-refractivity contribution in [3.8, 4) is 0 Å². The van der Waals surface area contributed by atoms with Gasteiger partial charge in [-0.05, 0) is 12.0 Å². The molecule has 0 aliphatic carbocycles. The van der Waals surface area contributed by atoms with Gasteiger partial charge in [0.1, 0.15) is 6.29 Å². The lowest BCUT2D eigenvalue weighted by Gasteiger charge is -2.22. The average Bonchev–Trinajstić information content (AvgIpc) is 2.48. The van der Waals surface area contributed by atoms with Crippen molar-refractivity contribution in [1.82, 2.24) is 4.90 Å². The standard InChI is InChI=1S/C15H15NO3/c1-19-15(18)16-8-7-13(14(10-16)11-17)9-12-5-3-2-4-6-12/h2-8,10-11,13H,9H2,1H3. The van der Waals surface area contributed by atoms with E-state index in [1.807, 2.05) is 36.4 Å². The Hall–Kier alpha value is -2.36. The molecular weight excluding hydrogens is 242 g/mol. The highest BCUT2D eigenvalue weighted by atomic mass is 16.5. The lowest BCUT2D eigenvalue weighted by Crippen LogP contribution is -2.25. The topological polar surface area (TPSA) is 46.6 Å². The van der Waals surface area contributed by atoms with Crippen molar-refractivity contribution in [3.05, 3.63) is 59.9 Å². The Morgan fingerprint density at radius 2 is 2.11 bits per heavy atom. The van der Waals surface area contributed by atoms with E-state index in [1.165, 1.54) is 18.2 Å². The van der Waals surface area contributed by atoms with Gasteiger partial charge in [-0.25, -0.2) is 4.79 Å². The summed E-state index contributed by atoms with van der Waals surface area (Å²) >= 11 is 0. The summed E-state index contributed by atoms with van der Waals surface area (Å²) in [4.78, 5) is 23.8. The summed E-state index contributed by atoms with van der Waals surface area (Å²) in [5.41, 5.74) is 1.72. The molecule has 1 aliphatic heterocycles. The van der Waals surface area contributed by atoms with Crippen molar-refractivity contribution >= 4 is 12.4 Å². The van der Waals surface area contributed by atoms with Crippen LogP contribution in [0.15, 0.2) is 54.4 Å². The molecule has 0 N–H and O–H groups in total. The highest BCUT2D eigenvalue weighted by Crippen LogP contribution is 2.22. The second-order valence-electron chi connectivity index (χ2n) is 4.26. The van der Waals surface area contributed by atoms with Crippen molar-refractivity contribution < 1.29 is 14.3 Å². The summed E-state index contributed by atoms with van der Waals surface area (Å²) in [5.74, 6) is -0.0131. The van der Waals surface area contributed by atoms with Gasteiger partial charge in [-0.1, -0.05) is 36.4 Å². The van der Waals surface area contributed by atoms with Crippen molar-refractivity contribution in [2.24, 2.45) is 5.92 Å². The number of aldehydes is 1. The maximum absolute atomic E-state index is 11.4. The molecule has 1 aliphatic rings. The van der Waals surface area contributed by atoms with Crippen molar-refractivity contribution in [2.45, 2.75) is 6.42 Å². The first-order chi connectivity index (χ1) is 9.24. The van der Waals surface area contributed by atoms with Crippen molar-refractivity contribution in [2.75, 3.05) is 7.11 Å². The predicted octanol–water partition coefficient (Wildman–Crippen LogP) is 2.52. The number of allylic oxidation sites excluding steroid dienone is 2. The lowest BCUT2D eigenvalue weighted by molar-refractivity contribution is -0.105.